The maximum atomic E-state index is 13.3. The first kappa shape index (κ1) is 18.1. The molecule has 2 amide bonds. The van der Waals surface area contributed by atoms with Gasteiger partial charge in [0.2, 0.25) is 11.7 Å². The van der Waals surface area contributed by atoms with Crippen LogP contribution >= 0.6 is 0 Å². The fraction of sp³-hybridized carbons (Fsp3) is 0.300. The topological polar surface area (TPSA) is 84.2 Å². The van der Waals surface area contributed by atoms with Gasteiger partial charge in [0, 0.05) is 37.6 Å². The maximum Gasteiger partial charge on any atom is 0.317 e. The van der Waals surface area contributed by atoms with Crippen molar-refractivity contribution in [3.63, 3.8) is 0 Å². The standard InChI is InChI=1S/C20H20FN5O2/c1-13-11-26(20(27)23-10-14-3-2-4-16(21)9-14)12-17(13)19-24-18(25-28-19)15-5-7-22-8-6-15/h2-9,13,17H,10-12H2,1H3,(H,23,27)/t13-,17-/m0/s1. The van der Waals surface area contributed by atoms with Gasteiger partial charge in [0.1, 0.15) is 5.82 Å². The monoisotopic (exact) mass is 381 g/mol. The Labute approximate surface area is 161 Å². The van der Waals surface area contributed by atoms with Crippen LogP contribution in [0.4, 0.5) is 9.18 Å². The van der Waals surface area contributed by atoms with E-state index in [9.17, 15) is 9.18 Å². The van der Waals surface area contributed by atoms with Crippen molar-refractivity contribution in [1.29, 1.82) is 0 Å². The molecule has 2 aromatic heterocycles. The van der Waals surface area contributed by atoms with Crippen molar-refractivity contribution >= 4 is 6.03 Å². The summed E-state index contributed by atoms with van der Waals surface area (Å²) in [5, 5.41) is 6.89. The molecule has 1 aliphatic heterocycles. The number of nitrogens with zero attached hydrogens (tertiary/aromatic N) is 4. The van der Waals surface area contributed by atoms with E-state index >= 15 is 0 Å². The highest BCUT2D eigenvalue weighted by molar-refractivity contribution is 5.74. The Morgan fingerprint density at radius 1 is 1.29 bits per heavy atom. The zero-order valence-electron chi connectivity index (χ0n) is 15.4. The molecule has 1 saturated heterocycles. The van der Waals surface area contributed by atoms with Crippen molar-refractivity contribution in [1.82, 2.24) is 25.3 Å². The summed E-state index contributed by atoms with van der Waals surface area (Å²) in [6, 6.07) is 9.64. The van der Waals surface area contributed by atoms with Gasteiger partial charge in [0.25, 0.3) is 0 Å². The number of halogens is 1. The molecule has 1 aliphatic rings. The second-order valence-corrected chi connectivity index (χ2v) is 6.97. The first-order chi connectivity index (χ1) is 13.6. The summed E-state index contributed by atoms with van der Waals surface area (Å²) in [6.07, 6.45) is 3.35. The van der Waals surface area contributed by atoms with Gasteiger partial charge in [-0.15, -0.1) is 0 Å². The van der Waals surface area contributed by atoms with Crippen molar-refractivity contribution in [3.8, 4) is 11.4 Å². The number of rotatable bonds is 4. The minimum Gasteiger partial charge on any atom is -0.339 e. The Morgan fingerprint density at radius 2 is 2.11 bits per heavy atom. The molecule has 3 heterocycles. The summed E-state index contributed by atoms with van der Waals surface area (Å²) >= 11 is 0. The van der Waals surface area contributed by atoms with Crippen molar-refractivity contribution < 1.29 is 13.7 Å². The van der Waals surface area contributed by atoms with E-state index in [1.165, 1.54) is 12.1 Å². The molecular weight excluding hydrogens is 361 g/mol. The number of aromatic nitrogens is 3. The van der Waals surface area contributed by atoms with Crippen LogP contribution in [0.2, 0.25) is 0 Å². The lowest BCUT2D eigenvalue weighted by atomic mass is 9.98. The van der Waals surface area contributed by atoms with Crippen molar-refractivity contribution in [2.75, 3.05) is 13.1 Å². The highest BCUT2D eigenvalue weighted by atomic mass is 19.1. The van der Waals surface area contributed by atoms with E-state index in [4.69, 9.17) is 4.52 Å². The third kappa shape index (κ3) is 3.85. The number of amides is 2. The summed E-state index contributed by atoms with van der Waals surface area (Å²) in [5.74, 6) is 0.884. The van der Waals surface area contributed by atoms with Crippen LogP contribution in [0, 0.1) is 11.7 Å². The van der Waals surface area contributed by atoms with Crippen molar-refractivity contribution in [3.05, 3.63) is 66.1 Å². The molecule has 0 spiro atoms. The van der Waals surface area contributed by atoms with Gasteiger partial charge in [-0.3, -0.25) is 4.98 Å². The molecule has 0 bridgehead atoms. The van der Waals surface area contributed by atoms with E-state index in [1.54, 1.807) is 29.4 Å². The summed E-state index contributed by atoms with van der Waals surface area (Å²) < 4.78 is 18.7. The Balaban J connectivity index is 1.39. The quantitative estimate of drug-likeness (QED) is 0.750. The molecule has 1 N–H and O–H groups in total. The number of likely N-dealkylation sites (tertiary alicyclic amines) is 1. The zero-order chi connectivity index (χ0) is 19.5. The fourth-order valence-corrected chi connectivity index (χ4v) is 3.39. The molecule has 3 aromatic rings. The lowest BCUT2D eigenvalue weighted by Gasteiger charge is -2.17. The smallest absolute Gasteiger partial charge is 0.317 e. The minimum absolute atomic E-state index is 0.0250. The number of carbonyl (C=O) groups is 1. The number of hydrogen-bond acceptors (Lipinski definition) is 5. The molecule has 7 nitrogen and oxygen atoms in total. The SMILES string of the molecule is C[C@H]1CN(C(=O)NCc2cccc(F)c2)C[C@@H]1c1nc(-c2ccncc2)no1. The molecule has 0 unspecified atom stereocenters. The first-order valence-corrected chi connectivity index (χ1v) is 9.11. The maximum absolute atomic E-state index is 13.3. The lowest BCUT2D eigenvalue weighted by Crippen LogP contribution is -2.38. The number of nitrogens with one attached hydrogen (secondary N) is 1. The van der Waals surface area contributed by atoms with Crippen LogP contribution < -0.4 is 5.32 Å². The molecule has 4 rings (SSSR count). The summed E-state index contributed by atoms with van der Waals surface area (Å²) in [4.78, 5) is 22.7. The summed E-state index contributed by atoms with van der Waals surface area (Å²) in [6.45, 7) is 3.42. The van der Waals surface area contributed by atoms with Crippen LogP contribution in [0.15, 0.2) is 53.3 Å². The highest BCUT2D eigenvalue weighted by Gasteiger charge is 2.37. The number of pyridine rings is 1. The van der Waals surface area contributed by atoms with E-state index in [2.05, 4.69) is 27.4 Å². The minimum atomic E-state index is -0.317. The zero-order valence-corrected chi connectivity index (χ0v) is 15.4. The molecule has 1 aromatic carbocycles. The van der Waals surface area contributed by atoms with Gasteiger partial charge in [0.05, 0.1) is 5.92 Å². The van der Waals surface area contributed by atoms with Gasteiger partial charge in [-0.25, -0.2) is 9.18 Å². The van der Waals surface area contributed by atoms with Gasteiger partial charge in [-0.2, -0.15) is 4.98 Å². The Kier molecular flexibility index (Phi) is 5.01. The van der Waals surface area contributed by atoms with E-state index in [0.717, 1.165) is 11.1 Å². The molecule has 0 saturated carbocycles. The van der Waals surface area contributed by atoms with Gasteiger partial charge in [-0.05, 0) is 35.7 Å². The van der Waals surface area contributed by atoms with Crippen molar-refractivity contribution in [2.24, 2.45) is 5.92 Å². The molecular formula is C20H20FN5O2. The molecule has 1 fully saturated rings. The third-order valence-corrected chi connectivity index (χ3v) is 4.93. The summed E-state index contributed by atoms with van der Waals surface area (Å²) in [7, 11) is 0. The average Bonchev–Trinajstić information content (AvgIpc) is 3.34. The average molecular weight is 381 g/mol. The Morgan fingerprint density at radius 3 is 2.89 bits per heavy atom. The number of carbonyl (C=O) groups excluding carboxylic acids is 1. The van der Waals surface area contributed by atoms with Gasteiger partial charge in [0.15, 0.2) is 0 Å². The first-order valence-electron chi connectivity index (χ1n) is 9.11. The van der Waals surface area contributed by atoms with Crippen LogP contribution in [0.1, 0.15) is 24.3 Å². The Bertz CT molecular complexity index is 962. The van der Waals surface area contributed by atoms with Crippen LogP contribution in [-0.2, 0) is 6.54 Å². The fourth-order valence-electron chi connectivity index (χ4n) is 3.39. The van der Waals surface area contributed by atoms with Crippen molar-refractivity contribution in [2.45, 2.75) is 19.4 Å². The highest BCUT2D eigenvalue weighted by Crippen LogP contribution is 2.32. The largest absolute Gasteiger partial charge is 0.339 e. The summed E-state index contributed by atoms with van der Waals surface area (Å²) in [5.41, 5.74) is 1.55. The van der Waals surface area contributed by atoms with E-state index in [-0.39, 0.29) is 30.2 Å². The van der Waals surface area contributed by atoms with E-state index in [1.807, 2.05) is 12.1 Å². The third-order valence-electron chi connectivity index (χ3n) is 4.93. The molecule has 28 heavy (non-hydrogen) atoms. The molecule has 0 radical (unpaired) electrons. The second kappa shape index (κ2) is 7.75. The van der Waals surface area contributed by atoms with Crippen LogP contribution in [-0.4, -0.2) is 39.1 Å². The van der Waals surface area contributed by atoms with Gasteiger partial charge < -0.3 is 14.7 Å². The van der Waals surface area contributed by atoms with Gasteiger partial charge >= 0.3 is 6.03 Å². The van der Waals surface area contributed by atoms with Crippen LogP contribution in [0.25, 0.3) is 11.4 Å². The molecule has 2 atom stereocenters. The predicted molar refractivity (Wildman–Crippen MR) is 99.6 cm³/mol. The van der Waals surface area contributed by atoms with Gasteiger partial charge in [-0.1, -0.05) is 24.2 Å². The van der Waals surface area contributed by atoms with Crippen LogP contribution in [0.5, 0.6) is 0 Å². The normalized spacial score (nSPS) is 19.0. The van der Waals surface area contributed by atoms with Crippen LogP contribution in [0.3, 0.4) is 0 Å². The Hall–Kier alpha value is -3.29. The molecule has 8 heteroatoms. The second-order valence-electron chi connectivity index (χ2n) is 6.97. The van der Waals surface area contributed by atoms with E-state index in [0.29, 0.717) is 24.8 Å². The number of benzene rings is 1. The predicted octanol–water partition coefficient (Wildman–Crippen LogP) is 3.22. The lowest BCUT2D eigenvalue weighted by molar-refractivity contribution is 0.206. The molecule has 144 valence electrons. The number of hydrogen-bond donors (Lipinski definition) is 1. The molecule has 0 aliphatic carbocycles. The number of urea groups is 1. The van der Waals surface area contributed by atoms with E-state index < -0.39 is 0 Å².